The van der Waals surface area contributed by atoms with E-state index in [0.29, 0.717) is 0 Å². The molecule has 1 aliphatic rings. The Hall–Kier alpha value is 0.270. The molecule has 1 aliphatic heterocycles. The zero-order valence-corrected chi connectivity index (χ0v) is 12.0. The van der Waals surface area contributed by atoms with Gasteiger partial charge in [-0.2, -0.15) is 12.6 Å². The third-order valence-corrected chi connectivity index (χ3v) is 4.11. The fourth-order valence-electron chi connectivity index (χ4n) is 2.43. The monoisotopic (exact) mass is 244 g/mol. The highest BCUT2D eigenvalue weighted by atomic mass is 32.1. The van der Waals surface area contributed by atoms with Crippen molar-refractivity contribution in [1.29, 1.82) is 0 Å². The van der Waals surface area contributed by atoms with E-state index in [2.05, 4.69) is 43.4 Å². The Balaban J connectivity index is 2.12. The van der Waals surface area contributed by atoms with Gasteiger partial charge in [-0.05, 0) is 71.1 Å². The van der Waals surface area contributed by atoms with Crippen molar-refractivity contribution >= 4 is 12.6 Å². The molecule has 1 unspecified atom stereocenters. The Kier molecular flexibility index (Phi) is 6.78. The van der Waals surface area contributed by atoms with Crippen molar-refractivity contribution in [2.75, 3.05) is 39.5 Å². The first-order valence-electron chi connectivity index (χ1n) is 6.63. The number of rotatable bonds is 6. The molecule has 0 spiro atoms. The number of nitrogens with zero attached hydrogens (tertiary/aromatic N) is 2. The van der Waals surface area contributed by atoms with Gasteiger partial charge in [0.15, 0.2) is 0 Å². The van der Waals surface area contributed by atoms with Gasteiger partial charge in [0.1, 0.15) is 0 Å². The molecule has 1 fully saturated rings. The quantitative estimate of drug-likeness (QED) is 0.717. The van der Waals surface area contributed by atoms with E-state index < -0.39 is 0 Å². The van der Waals surface area contributed by atoms with Gasteiger partial charge in [0.2, 0.25) is 0 Å². The summed E-state index contributed by atoms with van der Waals surface area (Å²) in [7, 11) is 4.41. The first-order chi connectivity index (χ1) is 7.63. The van der Waals surface area contributed by atoms with Crippen LogP contribution in [0.25, 0.3) is 0 Å². The lowest BCUT2D eigenvalue weighted by Gasteiger charge is -2.35. The molecule has 0 radical (unpaired) electrons. The predicted molar refractivity (Wildman–Crippen MR) is 75.4 cm³/mol. The van der Waals surface area contributed by atoms with Gasteiger partial charge >= 0.3 is 0 Å². The molecule has 16 heavy (non-hydrogen) atoms. The van der Waals surface area contributed by atoms with E-state index in [9.17, 15) is 0 Å². The van der Waals surface area contributed by atoms with Crippen molar-refractivity contribution in [1.82, 2.24) is 9.80 Å². The lowest BCUT2D eigenvalue weighted by molar-refractivity contribution is 0.139. The second-order valence-electron chi connectivity index (χ2n) is 5.44. The molecule has 0 aliphatic carbocycles. The maximum absolute atomic E-state index is 4.30. The van der Waals surface area contributed by atoms with Crippen LogP contribution in [-0.4, -0.2) is 55.3 Å². The summed E-state index contributed by atoms with van der Waals surface area (Å²) in [5.74, 6) is 1.87. The van der Waals surface area contributed by atoms with E-state index in [1.54, 1.807) is 0 Å². The highest BCUT2D eigenvalue weighted by Crippen LogP contribution is 2.16. The van der Waals surface area contributed by atoms with Crippen molar-refractivity contribution in [3.8, 4) is 0 Å². The van der Waals surface area contributed by atoms with E-state index in [0.717, 1.165) is 17.7 Å². The minimum Gasteiger partial charge on any atom is -0.306 e. The predicted octanol–water partition coefficient (Wildman–Crippen LogP) is 2.36. The number of likely N-dealkylation sites (tertiary alicyclic amines) is 1. The fourth-order valence-corrected chi connectivity index (χ4v) is 2.87. The molecule has 0 aromatic carbocycles. The molecule has 0 saturated carbocycles. The van der Waals surface area contributed by atoms with Gasteiger partial charge in [-0.3, -0.25) is 0 Å². The SMILES string of the molecule is CC(CCS)CCN1CCC(N(C)C)CC1. The number of thiol groups is 1. The normalized spacial score (nSPS) is 21.6. The van der Waals surface area contributed by atoms with Gasteiger partial charge in [-0.15, -0.1) is 0 Å². The summed E-state index contributed by atoms with van der Waals surface area (Å²) in [6.07, 6.45) is 5.28. The minimum absolute atomic E-state index is 0.811. The summed E-state index contributed by atoms with van der Waals surface area (Å²) in [4.78, 5) is 5.01. The molecule has 96 valence electrons. The Morgan fingerprint density at radius 2 is 1.88 bits per heavy atom. The molecular formula is C13H28N2S. The lowest BCUT2D eigenvalue weighted by Crippen LogP contribution is -2.42. The van der Waals surface area contributed by atoms with Crippen molar-refractivity contribution in [2.45, 2.75) is 38.6 Å². The largest absolute Gasteiger partial charge is 0.306 e. The van der Waals surface area contributed by atoms with Crippen LogP contribution in [0.2, 0.25) is 0 Å². The summed E-state index contributed by atoms with van der Waals surface area (Å²) < 4.78 is 0. The van der Waals surface area contributed by atoms with E-state index in [1.165, 1.54) is 45.3 Å². The van der Waals surface area contributed by atoms with Crippen molar-refractivity contribution in [3.05, 3.63) is 0 Å². The third kappa shape index (κ3) is 5.07. The van der Waals surface area contributed by atoms with Gasteiger partial charge in [0, 0.05) is 6.04 Å². The van der Waals surface area contributed by atoms with Crippen molar-refractivity contribution in [2.24, 2.45) is 5.92 Å². The molecule has 0 bridgehead atoms. The Labute approximate surface area is 107 Å². The maximum atomic E-state index is 4.30. The third-order valence-electron chi connectivity index (χ3n) is 3.85. The summed E-state index contributed by atoms with van der Waals surface area (Å²) in [5, 5.41) is 0. The molecule has 0 amide bonds. The average molecular weight is 244 g/mol. The second-order valence-corrected chi connectivity index (χ2v) is 5.89. The Morgan fingerprint density at radius 1 is 1.25 bits per heavy atom. The molecule has 0 aromatic heterocycles. The summed E-state index contributed by atoms with van der Waals surface area (Å²) >= 11 is 4.30. The van der Waals surface area contributed by atoms with E-state index in [1.807, 2.05) is 0 Å². The number of hydrogen-bond acceptors (Lipinski definition) is 3. The average Bonchev–Trinajstić information content (AvgIpc) is 2.27. The molecule has 0 N–H and O–H groups in total. The first kappa shape index (κ1) is 14.3. The summed E-state index contributed by atoms with van der Waals surface area (Å²) in [6.45, 7) is 6.21. The van der Waals surface area contributed by atoms with Gasteiger partial charge in [-0.1, -0.05) is 6.92 Å². The van der Waals surface area contributed by atoms with Gasteiger partial charge in [-0.25, -0.2) is 0 Å². The van der Waals surface area contributed by atoms with Crippen LogP contribution >= 0.6 is 12.6 Å². The van der Waals surface area contributed by atoms with E-state index in [-0.39, 0.29) is 0 Å². The van der Waals surface area contributed by atoms with Crippen LogP contribution < -0.4 is 0 Å². The van der Waals surface area contributed by atoms with Crippen LogP contribution in [0.5, 0.6) is 0 Å². The molecule has 1 rings (SSSR count). The molecule has 1 heterocycles. The Bertz CT molecular complexity index is 177. The summed E-state index contributed by atoms with van der Waals surface area (Å²) in [6, 6.07) is 0.811. The standard InChI is InChI=1S/C13H28N2S/c1-12(7-11-16)4-8-15-9-5-13(6-10-15)14(2)3/h12-13,16H,4-11H2,1-3H3. The van der Waals surface area contributed by atoms with Crippen molar-refractivity contribution in [3.63, 3.8) is 0 Å². The van der Waals surface area contributed by atoms with Crippen LogP contribution in [0.15, 0.2) is 0 Å². The number of piperidine rings is 1. The molecule has 1 atom stereocenters. The topological polar surface area (TPSA) is 6.48 Å². The highest BCUT2D eigenvalue weighted by molar-refractivity contribution is 7.80. The van der Waals surface area contributed by atoms with Crippen LogP contribution in [-0.2, 0) is 0 Å². The fraction of sp³-hybridized carbons (Fsp3) is 1.00. The van der Waals surface area contributed by atoms with Crippen LogP contribution in [0, 0.1) is 5.92 Å². The highest BCUT2D eigenvalue weighted by Gasteiger charge is 2.20. The minimum atomic E-state index is 0.811. The number of hydrogen-bond donors (Lipinski definition) is 1. The molecule has 3 heteroatoms. The van der Waals surface area contributed by atoms with Crippen LogP contribution in [0.4, 0.5) is 0 Å². The first-order valence-corrected chi connectivity index (χ1v) is 7.26. The molecular weight excluding hydrogens is 216 g/mol. The van der Waals surface area contributed by atoms with Gasteiger partial charge in [0.05, 0.1) is 0 Å². The zero-order chi connectivity index (χ0) is 12.0. The molecule has 2 nitrogen and oxygen atoms in total. The molecule has 0 aromatic rings. The van der Waals surface area contributed by atoms with Gasteiger partial charge in [0.25, 0.3) is 0 Å². The lowest BCUT2D eigenvalue weighted by atomic mass is 10.0. The van der Waals surface area contributed by atoms with Crippen LogP contribution in [0.1, 0.15) is 32.6 Å². The summed E-state index contributed by atoms with van der Waals surface area (Å²) in [5.41, 5.74) is 0. The Morgan fingerprint density at radius 3 is 2.38 bits per heavy atom. The zero-order valence-electron chi connectivity index (χ0n) is 11.2. The molecule has 1 saturated heterocycles. The maximum Gasteiger partial charge on any atom is 0.0113 e. The van der Waals surface area contributed by atoms with Gasteiger partial charge < -0.3 is 9.80 Å². The van der Waals surface area contributed by atoms with Crippen molar-refractivity contribution < 1.29 is 0 Å². The second kappa shape index (κ2) is 7.57. The van der Waals surface area contributed by atoms with E-state index in [4.69, 9.17) is 0 Å². The smallest absolute Gasteiger partial charge is 0.0113 e. The van der Waals surface area contributed by atoms with E-state index >= 15 is 0 Å². The van der Waals surface area contributed by atoms with Crippen LogP contribution in [0.3, 0.4) is 0 Å².